The fourth-order valence-corrected chi connectivity index (χ4v) is 4.87. The molecule has 11 heteroatoms. The summed E-state index contributed by atoms with van der Waals surface area (Å²) < 4.78 is 17.0. The lowest BCUT2D eigenvalue weighted by molar-refractivity contribution is -0.130. The Hall–Kier alpha value is -3.45. The molecular weight excluding hydrogens is 529 g/mol. The molecule has 2 aromatic carbocycles. The maximum absolute atomic E-state index is 11.5. The van der Waals surface area contributed by atoms with Crippen LogP contribution in [0.25, 0.3) is 10.9 Å². The topological polar surface area (TPSA) is 100.0 Å². The van der Waals surface area contributed by atoms with Gasteiger partial charge >= 0.3 is 0 Å². The lowest BCUT2D eigenvalue weighted by Gasteiger charge is -2.34. The molecule has 0 saturated carbocycles. The number of nitriles is 1. The normalized spacial score (nSPS) is 13.7. The lowest BCUT2D eigenvalue weighted by atomic mass is 10.1. The molecule has 0 bridgehead atoms. The van der Waals surface area contributed by atoms with Crippen molar-refractivity contribution in [2.75, 3.05) is 58.9 Å². The van der Waals surface area contributed by atoms with Crippen LogP contribution in [0.2, 0.25) is 10.0 Å². The van der Waals surface area contributed by atoms with Gasteiger partial charge in [0.1, 0.15) is 11.8 Å². The quantitative estimate of drug-likeness (QED) is 0.362. The maximum atomic E-state index is 11.5. The van der Waals surface area contributed by atoms with Crippen molar-refractivity contribution < 1.29 is 19.0 Å². The van der Waals surface area contributed by atoms with Gasteiger partial charge in [0.15, 0.2) is 11.5 Å². The van der Waals surface area contributed by atoms with Gasteiger partial charge in [-0.3, -0.25) is 14.7 Å². The van der Waals surface area contributed by atoms with Crippen LogP contribution in [-0.2, 0) is 4.79 Å². The first kappa shape index (κ1) is 27.6. The van der Waals surface area contributed by atoms with Crippen LogP contribution in [0, 0.1) is 11.3 Å². The first-order valence-corrected chi connectivity index (χ1v) is 12.9. The standard InChI is InChI=1S/C27H29Cl2N5O4/c1-17(35)34-8-6-33(7-9-34)5-4-10-38-26-13-22-19(11-25(26)37-3)27(18(15-30)16-31-22)32-23-14-24(36-2)21(29)12-20(23)28/h11-14,16H,4-10H2,1-3H3,(H,31,32). The minimum Gasteiger partial charge on any atom is -0.495 e. The number of anilines is 2. The molecule has 1 saturated heterocycles. The van der Waals surface area contributed by atoms with E-state index in [1.54, 1.807) is 38.3 Å². The van der Waals surface area contributed by atoms with Gasteiger partial charge in [-0.1, -0.05) is 23.2 Å². The summed E-state index contributed by atoms with van der Waals surface area (Å²) in [6.07, 6.45) is 2.33. The van der Waals surface area contributed by atoms with Gasteiger partial charge in [0.25, 0.3) is 0 Å². The van der Waals surface area contributed by atoms with Gasteiger partial charge in [-0.2, -0.15) is 5.26 Å². The van der Waals surface area contributed by atoms with Crippen LogP contribution in [-0.4, -0.2) is 74.2 Å². The van der Waals surface area contributed by atoms with Gasteiger partial charge in [0.2, 0.25) is 5.91 Å². The van der Waals surface area contributed by atoms with Crippen molar-refractivity contribution in [1.82, 2.24) is 14.8 Å². The Morgan fingerprint density at radius 1 is 1.05 bits per heavy atom. The molecule has 0 radical (unpaired) electrons. The van der Waals surface area contributed by atoms with Crippen molar-refractivity contribution in [2.24, 2.45) is 0 Å². The van der Waals surface area contributed by atoms with Crippen LogP contribution < -0.4 is 19.5 Å². The number of rotatable bonds is 9. The molecule has 0 unspecified atom stereocenters. The molecule has 2 heterocycles. The summed E-state index contributed by atoms with van der Waals surface area (Å²) in [4.78, 5) is 20.2. The van der Waals surface area contributed by atoms with Gasteiger partial charge in [0, 0.05) is 63.4 Å². The zero-order chi connectivity index (χ0) is 27.2. The summed E-state index contributed by atoms with van der Waals surface area (Å²) in [6.45, 7) is 6.23. The van der Waals surface area contributed by atoms with Gasteiger partial charge in [-0.15, -0.1) is 0 Å². The molecule has 3 aromatic rings. The van der Waals surface area contributed by atoms with E-state index in [0.717, 1.165) is 39.1 Å². The number of halogens is 2. The van der Waals surface area contributed by atoms with E-state index < -0.39 is 0 Å². The number of hydrogen-bond donors (Lipinski definition) is 1. The van der Waals surface area contributed by atoms with Crippen molar-refractivity contribution in [3.8, 4) is 23.3 Å². The molecule has 1 amide bonds. The summed E-state index contributed by atoms with van der Waals surface area (Å²) in [5, 5.41) is 14.4. The Bertz CT molecular complexity index is 1370. The molecule has 200 valence electrons. The van der Waals surface area contributed by atoms with E-state index in [4.69, 9.17) is 37.4 Å². The third kappa shape index (κ3) is 6.16. The van der Waals surface area contributed by atoms with E-state index in [0.29, 0.717) is 61.7 Å². The van der Waals surface area contributed by atoms with Crippen LogP contribution in [0.1, 0.15) is 18.9 Å². The van der Waals surface area contributed by atoms with E-state index in [1.807, 2.05) is 4.90 Å². The number of aromatic nitrogens is 1. The zero-order valence-electron chi connectivity index (χ0n) is 21.5. The molecule has 1 N–H and O–H groups in total. The van der Waals surface area contributed by atoms with Crippen molar-refractivity contribution in [3.63, 3.8) is 0 Å². The smallest absolute Gasteiger partial charge is 0.219 e. The van der Waals surface area contributed by atoms with Crippen molar-refractivity contribution >= 4 is 51.4 Å². The van der Waals surface area contributed by atoms with Crippen molar-refractivity contribution in [1.29, 1.82) is 5.26 Å². The van der Waals surface area contributed by atoms with E-state index >= 15 is 0 Å². The average molecular weight is 558 g/mol. The van der Waals surface area contributed by atoms with Gasteiger partial charge < -0.3 is 24.4 Å². The molecule has 1 aromatic heterocycles. The first-order valence-electron chi connectivity index (χ1n) is 12.2. The average Bonchev–Trinajstić information content (AvgIpc) is 2.92. The number of hydrogen-bond acceptors (Lipinski definition) is 8. The van der Waals surface area contributed by atoms with Crippen LogP contribution in [0.5, 0.6) is 17.2 Å². The molecule has 4 rings (SSSR count). The van der Waals surface area contributed by atoms with Crippen LogP contribution >= 0.6 is 23.2 Å². The molecule has 0 atom stereocenters. The molecule has 9 nitrogen and oxygen atoms in total. The second-order valence-corrected chi connectivity index (χ2v) is 9.63. The number of methoxy groups -OCH3 is 2. The highest BCUT2D eigenvalue weighted by atomic mass is 35.5. The molecule has 1 fully saturated rings. The van der Waals surface area contributed by atoms with Gasteiger partial charge in [-0.05, 0) is 18.6 Å². The number of benzene rings is 2. The number of piperazine rings is 1. The molecular formula is C27H29Cl2N5O4. The first-order chi connectivity index (χ1) is 18.3. The van der Waals surface area contributed by atoms with E-state index in [1.165, 1.54) is 13.3 Å². The molecule has 1 aliphatic rings. The number of ether oxygens (including phenoxy) is 3. The SMILES string of the molecule is COc1cc(Nc2c(C#N)cnc3cc(OCCCN4CCN(C(C)=O)CC4)c(OC)cc23)c(Cl)cc1Cl. The molecule has 38 heavy (non-hydrogen) atoms. The second kappa shape index (κ2) is 12.4. The number of fused-ring (bicyclic) bond motifs is 1. The minimum absolute atomic E-state index is 0.126. The predicted molar refractivity (Wildman–Crippen MR) is 148 cm³/mol. The van der Waals surface area contributed by atoms with E-state index in [-0.39, 0.29) is 5.91 Å². The number of amides is 1. The van der Waals surface area contributed by atoms with Crippen molar-refractivity contribution in [3.05, 3.63) is 46.1 Å². The van der Waals surface area contributed by atoms with Crippen LogP contribution in [0.4, 0.5) is 11.4 Å². The highest BCUT2D eigenvalue weighted by Crippen LogP contribution is 2.40. The number of nitrogens with zero attached hydrogens (tertiary/aromatic N) is 4. The summed E-state index contributed by atoms with van der Waals surface area (Å²) in [5.74, 6) is 1.66. The fraction of sp³-hybridized carbons (Fsp3) is 0.370. The maximum Gasteiger partial charge on any atom is 0.219 e. The van der Waals surface area contributed by atoms with E-state index in [2.05, 4.69) is 21.3 Å². The summed E-state index contributed by atoms with van der Waals surface area (Å²) >= 11 is 12.6. The predicted octanol–water partition coefficient (Wildman–Crippen LogP) is 5.11. The third-order valence-corrected chi connectivity index (χ3v) is 7.08. The zero-order valence-corrected chi connectivity index (χ0v) is 23.0. The summed E-state index contributed by atoms with van der Waals surface area (Å²) in [5.41, 5.74) is 2.02. The van der Waals surface area contributed by atoms with Gasteiger partial charge in [-0.25, -0.2) is 0 Å². The minimum atomic E-state index is 0.126. The Balaban J connectivity index is 1.52. The number of pyridine rings is 1. The lowest BCUT2D eigenvalue weighted by Crippen LogP contribution is -2.48. The highest BCUT2D eigenvalue weighted by molar-refractivity contribution is 6.37. The number of carbonyl (C=O) groups excluding carboxylic acids is 1. The Morgan fingerprint density at radius 2 is 1.79 bits per heavy atom. The van der Waals surface area contributed by atoms with Crippen molar-refractivity contribution in [2.45, 2.75) is 13.3 Å². The Morgan fingerprint density at radius 3 is 2.45 bits per heavy atom. The highest BCUT2D eigenvalue weighted by Gasteiger charge is 2.19. The molecule has 1 aliphatic heterocycles. The monoisotopic (exact) mass is 557 g/mol. The Kier molecular flexibility index (Phi) is 9.00. The fourth-order valence-electron chi connectivity index (χ4n) is 4.36. The van der Waals surface area contributed by atoms with Crippen LogP contribution in [0.3, 0.4) is 0 Å². The summed E-state index contributed by atoms with van der Waals surface area (Å²) in [7, 11) is 3.08. The second-order valence-electron chi connectivity index (χ2n) is 8.82. The molecule has 0 aliphatic carbocycles. The Labute approximate surface area is 231 Å². The van der Waals surface area contributed by atoms with Gasteiger partial charge in [0.05, 0.1) is 53.3 Å². The van der Waals surface area contributed by atoms with Crippen LogP contribution in [0.15, 0.2) is 30.5 Å². The van der Waals surface area contributed by atoms with E-state index in [9.17, 15) is 10.1 Å². The number of carbonyl (C=O) groups is 1. The number of nitrogens with one attached hydrogen (secondary N) is 1. The third-order valence-electron chi connectivity index (χ3n) is 6.47. The molecule has 0 spiro atoms. The largest absolute Gasteiger partial charge is 0.495 e. The summed E-state index contributed by atoms with van der Waals surface area (Å²) in [6, 6.07) is 9.03.